The zero-order valence-corrected chi connectivity index (χ0v) is 12.7. The Kier molecular flexibility index (Phi) is 4.07. The number of benzene rings is 1. The fraction of sp³-hybridized carbons (Fsp3) is 0.500. The molecule has 0 aliphatic heterocycles. The van der Waals surface area contributed by atoms with Gasteiger partial charge in [-0.05, 0) is 45.4 Å². The van der Waals surface area contributed by atoms with Gasteiger partial charge in [-0.2, -0.15) is 0 Å². The summed E-state index contributed by atoms with van der Waals surface area (Å²) in [5.74, 6) is 1.13. The third-order valence-electron chi connectivity index (χ3n) is 3.06. The fourth-order valence-electron chi connectivity index (χ4n) is 2.23. The molecule has 18 heavy (non-hydrogen) atoms. The number of aromatic nitrogens is 2. The van der Waals surface area contributed by atoms with E-state index in [2.05, 4.69) is 52.5 Å². The molecule has 3 nitrogen and oxygen atoms in total. The minimum Gasteiger partial charge on any atom is -0.328 e. The zero-order valence-electron chi connectivity index (χ0n) is 11.2. The first-order valence-electron chi connectivity index (χ1n) is 6.41. The van der Waals surface area contributed by atoms with Gasteiger partial charge in [0.2, 0.25) is 0 Å². The van der Waals surface area contributed by atoms with Crippen LogP contribution in [0.2, 0.25) is 0 Å². The Morgan fingerprint density at radius 1 is 1.33 bits per heavy atom. The maximum atomic E-state index is 5.84. The highest BCUT2D eigenvalue weighted by Crippen LogP contribution is 2.24. The van der Waals surface area contributed by atoms with E-state index in [1.165, 1.54) is 5.52 Å². The van der Waals surface area contributed by atoms with Crippen LogP contribution in [0.3, 0.4) is 0 Å². The topological polar surface area (TPSA) is 43.8 Å². The van der Waals surface area contributed by atoms with Gasteiger partial charge in [0.05, 0.1) is 11.0 Å². The number of aryl methyl sites for hydroxylation is 1. The lowest BCUT2D eigenvalue weighted by Crippen LogP contribution is -2.17. The smallest absolute Gasteiger partial charge is 0.110 e. The van der Waals surface area contributed by atoms with Crippen LogP contribution in [0.25, 0.3) is 11.0 Å². The molecule has 0 radical (unpaired) electrons. The summed E-state index contributed by atoms with van der Waals surface area (Å²) in [5, 5.41) is 0. The molecule has 0 spiro atoms. The number of hydrogen-bond acceptors (Lipinski definition) is 2. The van der Waals surface area contributed by atoms with Crippen LogP contribution in [0.1, 0.15) is 39.1 Å². The van der Waals surface area contributed by atoms with Crippen LogP contribution in [0, 0.1) is 0 Å². The van der Waals surface area contributed by atoms with Gasteiger partial charge >= 0.3 is 0 Å². The van der Waals surface area contributed by atoms with E-state index in [4.69, 9.17) is 10.7 Å². The van der Waals surface area contributed by atoms with Crippen molar-refractivity contribution in [3.63, 3.8) is 0 Å². The van der Waals surface area contributed by atoms with Crippen molar-refractivity contribution in [2.24, 2.45) is 5.73 Å². The van der Waals surface area contributed by atoms with E-state index in [9.17, 15) is 0 Å². The van der Waals surface area contributed by atoms with Crippen LogP contribution in [0.5, 0.6) is 0 Å². The molecule has 0 saturated heterocycles. The van der Waals surface area contributed by atoms with Gasteiger partial charge in [-0.15, -0.1) is 0 Å². The summed E-state index contributed by atoms with van der Waals surface area (Å²) in [6, 6.07) is 6.90. The van der Waals surface area contributed by atoms with Crippen molar-refractivity contribution in [2.45, 2.75) is 45.7 Å². The quantitative estimate of drug-likeness (QED) is 0.936. The van der Waals surface area contributed by atoms with Crippen LogP contribution in [-0.2, 0) is 6.42 Å². The van der Waals surface area contributed by atoms with Crippen molar-refractivity contribution in [2.75, 3.05) is 0 Å². The van der Waals surface area contributed by atoms with Gasteiger partial charge in [0, 0.05) is 23.0 Å². The Morgan fingerprint density at radius 2 is 2.06 bits per heavy atom. The van der Waals surface area contributed by atoms with Crippen molar-refractivity contribution in [1.82, 2.24) is 9.55 Å². The van der Waals surface area contributed by atoms with E-state index < -0.39 is 0 Å². The third-order valence-corrected chi connectivity index (χ3v) is 3.56. The first-order chi connectivity index (χ1) is 8.49. The van der Waals surface area contributed by atoms with Gasteiger partial charge in [-0.1, -0.05) is 15.9 Å². The largest absolute Gasteiger partial charge is 0.328 e. The second kappa shape index (κ2) is 5.41. The number of nitrogens with zero attached hydrogens (tertiary/aromatic N) is 2. The number of fused-ring (bicyclic) bond motifs is 1. The van der Waals surface area contributed by atoms with Gasteiger partial charge in [0.15, 0.2) is 0 Å². The first-order valence-corrected chi connectivity index (χ1v) is 7.20. The molecule has 0 aliphatic rings. The van der Waals surface area contributed by atoms with Gasteiger partial charge < -0.3 is 10.3 Å². The minimum absolute atomic E-state index is 0.220. The monoisotopic (exact) mass is 309 g/mol. The molecule has 0 fully saturated rings. The van der Waals surface area contributed by atoms with Crippen LogP contribution < -0.4 is 5.73 Å². The van der Waals surface area contributed by atoms with Crippen molar-refractivity contribution >= 4 is 27.0 Å². The Hall–Kier alpha value is -0.870. The maximum Gasteiger partial charge on any atom is 0.110 e. The van der Waals surface area contributed by atoms with E-state index in [1.54, 1.807) is 0 Å². The van der Waals surface area contributed by atoms with E-state index in [-0.39, 0.29) is 6.04 Å². The number of hydrogen-bond donors (Lipinski definition) is 1. The maximum absolute atomic E-state index is 5.84. The molecular formula is C14H20BrN3. The lowest BCUT2D eigenvalue weighted by atomic mass is 10.2. The van der Waals surface area contributed by atoms with Crippen molar-refractivity contribution in [1.29, 1.82) is 0 Å². The average Bonchev–Trinajstić information content (AvgIpc) is 2.63. The summed E-state index contributed by atoms with van der Waals surface area (Å²) in [5.41, 5.74) is 8.10. The van der Waals surface area contributed by atoms with Crippen LogP contribution >= 0.6 is 15.9 Å². The normalized spacial score (nSPS) is 13.4. The number of nitrogens with two attached hydrogens (primary N) is 1. The Balaban J connectivity index is 2.47. The molecule has 2 aromatic rings. The average molecular weight is 310 g/mol. The number of rotatable bonds is 4. The van der Waals surface area contributed by atoms with Crippen molar-refractivity contribution in [3.05, 3.63) is 28.5 Å². The van der Waals surface area contributed by atoms with Crippen LogP contribution in [0.15, 0.2) is 22.7 Å². The minimum atomic E-state index is 0.220. The fourth-order valence-corrected chi connectivity index (χ4v) is 2.58. The zero-order chi connectivity index (χ0) is 13.3. The molecule has 0 saturated carbocycles. The summed E-state index contributed by atoms with van der Waals surface area (Å²) in [4.78, 5) is 4.74. The highest BCUT2D eigenvalue weighted by atomic mass is 79.9. The van der Waals surface area contributed by atoms with E-state index in [0.717, 1.165) is 28.7 Å². The summed E-state index contributed by atoms with van der Waals surface area (Å²) >= 11 is 3.50. The highest BCUT2D eigenvalue weighted by molar-refractivity contribution is 9.10. The second-order valence-corrected chi connectivity index (χ2v) is 6.06. The summed E-state index contributed by atoms with van der Waals surface area (Å²) in [6.07, 6.45) is 1.90. The Labute approximate surface area is 117 Å². The number of halogens is 1. The molecule has 1 heterocycles. The highest BCUT2D eigenvalue weighted by Gasteiger charge is 2.13. The van der Waals surface area contributed by atoms with E-state index in [1.807, 2.05) is 6.92 Å². The van der Waals surface area contributed by atoms with Gasteiger partial charge in [0.1, 0.15) is 5.82 Å². The van der Waals surface area contributed by atoms with E-state index in [0.29, 0.717) is 6.04 Å². The molecule has 1 aromatic heterocycles. The molecule has 0 amide bonds. The Bertz CT molecular complexity index is 543. The third kappa shape index (κ3) is 2.75. The first kappa shape index (κ1) is 13.6. The molecule has 0 aliphatic carbocycles. The molecule has 1 unspecified atom stereocenters. The molecule has 2 rings (SSSR count). The molecule has 2 N–H and O–H groups in total. The van der Waals surface area contributed by atoms with Crippen LogP contribution in [0.4, 0.5) is 0 Å². The molecule has 0 bridgehead atoms. The molecule has 98 valence electrons. The van der Waals surface area contributed by atoms with Gasteiger partial charge in [0.25, 0.3) is 0 Å². The summed E-state index contributed by atoms with van der Waals surface area (Å²) in [6.45, 7) is 6.43. The SMILES string of the molecule is CC(N)CCc1nc2cc(Br)ccc2n1C(C)C. The van der Waals surface area contributed by atoms with Crippen molar-refractivity contribution < 1.29 is 0 Å². The number of imidazole rings is 1. The lowest BCUT2D eigenvalue weighted by molar-refractivity contribution is 0.559. The second-order valence-electron chi connectivity index (χ2n) is 5.14. The van der Waals surface area contributed by atoms with Crippen molar-refractivity contribution in [3.8, 4) is 0 Å². The molecule has 1 aromatic carbocycles. The van der Waals surface area contributed by atoms with Crippen LogP contribution in [-0.4, -0.2) is 15.6 Å². The summed E-state index contributed by atoms with van der Waals surface area (Å²) in [7, 11) is 0. The van der Waals surface area contributed by atoms with E-state index >= 15 is 0 Å². The lowest BCUT2D eigenvalue weighted by Gasteiger charge is -2.13. The van der Waals surface area contributed by atoms with Gasteiger partial charge in [-0.3, -0.25) is 0 Å². The molecule has 1 atom stereocenters. The molecule has 4 heteroatoms. The Morgan fingerprint density at radius 3 is 2.67 bits per heavy atom. The summed E-state index contributed by atoms with van der Waals surface area (Å²) < 4.78 is 3.38. The molecular weight excluding hydrogens is 290 g/mol. The predicted octanol–water partition coefficient (Wildman–Crippen LogP) is 3.66. The predicted molar refractivity (Wildman–Crippen MR) is 79.8 cm³/mol. The van der Waals surface area contributed by atoms with Gasteiger partial charge in [-0.25, -0.2) is 4.98 Å². The standard InChI is InChI=1S/C14H20BrN3/c1-9(2)18-13-6-5-11(15)8-12(13)17-14(18)7-4-10(3)16/h5-6,8-10H,4,7,16H2,1-3H3.